The topological polar surface area (TPSA) is 56.8 Å². The first-order valence-electron chi connectivity index (χ1n) is 8.53. The molecule has 1 heterocycles. The van der Waals surface area contributed by atoms with Crippen LogP contribution in [0.1, 0.15) is 25.7 Å². The van der Waals surface area contributed by atoms with E-state index in [0.29, 0.717) is 6.61 Å². The molecule has 0 radical (unpaired) electrons. The van der Waals surface area contributed by atoms with Crippen molar-refractivity contribution in [3.05, 3.63) is 58.6 Å². The highest BCUT2D eigenvalue weighted by atomic mass is 79.9. The average molecular weight is 420 g/mol. The molecule has 3 rings (SSSR count). The van der Waals surface area contributed by atoms with Gasteiger partial charge < -0.3 is 19.5 Å². The fourth-order valence-corrected chi connectivity index (χ4v) is 2.90. The molecule has 2 aromatic rings. The molecule has 0 saturated carbocycles. The zero-order chi connectivity index (χ0) is 18.6. The number of halogens is 1. The summed E-state index contributed by atoms with van der Waals surface area (Å²) in [6.45, 7) is 4.96. The van der Waals surface area contributed by atoms with Crippen LogP contribution in [0, 0.1) is 5.41 Å². The largest absolute Gasteiger partial charge is 0.494 e. The number of ether oxygens (including phenoxy) is 3. The monoisotopic (exact) mass is 419 g/mol. The maximum atomic E-state index is 12.7. The molecule has 1 fully saturated rings. The number of anilines is 1. The van der Waals surface area contributed by atoms with Crippen LogP contribution in [0.5, 0.6) is 5.75 Å². The summed E-state index contributed by atoms with van der Waals surface area (Å²) in [6, 6.07) is 15.1. The number of amides is 1. The third-order valence-electron chi connectivity index (χ3n) is 4.22. The zero-order valence-electron chi connectivity index (χ0n) is 14.8. The summed E-state index contributed by atoms with van der Waals surface area (Å²) >= 11 is 3.41. The standard InChI is InChI=1S/C20H22BrNO4/c1-3-24-17-10-8-16(9-11-17)22-19(23)20(2)12-25-18(26-13-20)14-4-6-15(21)7-5-14/h4-11,18H,3,12-13H2,1-2H3,(H,22,23). The molecule has 0 spiro atoms. The molecular formula is C20H22BrNO4. The molecule has 1 N–H and O–H groups in total. The number of carbonyl (C=O) groups excluding carboxylic acids is 1. The highest BCUT2D eigenvalue weighted by Gasteiger charge is 2.39. The Morgan fingerprint density at radius 2 is 1.77 bits per heavy atom. The lowest BCUT2D eigenvalue weighted by Gasteiger charge is -2.36. The summed E-state index contributed by atoms with van der Waals surface area (Å²) in [5.74, 6) is 0.647. The Bertz CT molecular complexity index is 737. The SMILES string of the molecule is CCOc1ccc(NC(=O)C2(C)COC(c3ccc(Br)cc3)OC2)cc1. The van der Waals surface area contributed by atoms with Gasteiger partial charge in [0.05, 0.1) is 25.2 Å². The molecule has 0 aliphatic carbocycles. The van der Waals surface area contributed by atoms with Crippen LogP contribution in [0.4, 0.5) is 5.69 Å². The maximum absolute atomic E-state index is 12.7. The van der Waals surface area contributed by atoms with Crippen LogP contribution in [-0.4, -0.2) is 25.7 Å². The Morgan fingerprint density at radius 3 is 2.35 bits per heavy atom. The fourth-order valence-electron chi connectivity index (χ4n) is 2.64. The van der Waals surface area contributed by atoms with Crippen molar-refractivity contribution in [1.29, 1.82) is 0 Å². The van der Waals surface area contributed by atoms with Crippen LogP contribution in [0.2, 0.25) is 0 Å². The van der Waals surface area contributed by atoms with Gasteiger partial charge >= 0.3 is 0 Å². The lowest BCUT2D eigenvalue weighted by atomic mass is 9.90. The van der Waals surface area contributed by atoms with Crippen LogP contribution < -0.4 is 10.1 Å². The molecule has 0 atom stereocenters. The average Bonchev–Trinajstić information content (AvgIpc) is 2.65. The van der Waals surface area contributed by atoms with Crippen molar-refractivity contribution in [2.24, 2.45) is 5.41 Å². The summed E-state index contributed by atoms with van der Waals surface area (Å²) < 4.78 is 18.0. The number of carbonyl (C=O) groups is 1. The molecule has 6 heteroatoms. The van der Waals surface area contributed by atoms with Gasteiger partial charge in [0.25, 0.3) is 0 Å². The van der Waals surface area contributed by atoms with Crippen molar-refractivity contribution in [2.75, 3.05) is 25.1 Å². The van der Waals surface area contributed by atoms with Gasteiger partial charge in [0.2, 0.25) is 5.91 Å². The van der Waals surface area contributed by atoms with Gasteiger partial charge in [0.15, 0.2) is 6.29 Å². The fraction of sp³-hybridized carbons (Fsp3) is 0.350. The Balaban J connectivity index is 1.58. The number of nitrogens with one attached hydrogen (secondary N) is 1. The zero-order valence-corrected chi connectivity index (χ0v) is 16.4. The predicted octanol–water partition coefficient (Wildman–Crippen LogP) is 4.54. The molecular weight excluding hydrogens is 398 g/mol. The molecule has 0 aromatic heterocycles. The number of hydrogen-bond donors (Lipinski definition) is 1. The van der Waals surface area contributed by atoms with Gasteiger partial charge in [0.1, 0.15) is 5.75 Å². The molecule has 1 saturated heterocycles. The predicted molar refractivity (Wildman–Crippen MR) is 103 cm³/mol. The van der Waals surface area contributed by atoms with Crippen molar-refractivity contribution < 1.29 is 19.0 Å². The summed E-state index contributed by atoms with van der Waals surface area (Å²) in [7, 11) is 0. The highest BCUT2D eigenvalue weighted by Crippen LogP contribution is 2.33. The van der Waals surface area contributed by atoms with Crippen LogP contribution in [0.3, 0.4) is 0 Å². The van der Waals surface area contributed by atoms with Crippen LogP contribution in [-0.2, 0) is 14.3 Å². The lowest BCUT2D eigenvalue weighted by Crippen LogP contribution is -2.45. The Morgan fingerprint density at radius 1 is 1.15 bits per heavy atom. The van der Waals surface area contributed by atoms with Crippen LogP contribution in [0.15, 0.2) is 53.0 Å². The molecule has 5 nitrogen and oxygen atoms in total. The molecule has 1 aliphatic heterocycles. The van der Waals surface area contributed by atoms with Crippen LogP contribution in [0.25, 0.3) is 0 Å². The number of benzene rings is 2. The van der Waals surface area contributed by atoms with E-state index in [4.69, 9.17) is 14.2 Å². The second kappa shape index (κ2) is 8.20. The minimum atomic E-state index is -0.746. The Kier molecular flexibility index (Phi) is 5.96. The van der Waals surface area contributed by atoms with E-state index in [-0.39, 0.29) is 19.1 Å². The summed E-state index contributed by atoms with van der Waals surface area (Å²) in [4.78, 5) is 12.7. The number of hydrogen-bond acceptors (Lipinski definition) is 4. The minimum absolute atomic E-state index is 0.129. The van der Waals surface area contributed by atoms with E-state index in [9.17, 15) is 4.79 Å². The Labute approximate surface area is 161 Å². The molecule has 0 unspecified atom stereocenters. The van der Waals surface area contributed by atoms with Crippen molar-refractivity contribution >= 4 is 27.5 Å². The Hall–Kier alpha value is -1.89. The van der Waals surface area contributed by atoms with Gasteiger partial charge in [-0.25, -0.2) is 0 Å². The van der Waals surface area contributed by atoms with E-state index in [1.165, 1.54) is 0 Å². The summed E-state index contributed by atoms with van der Waals surface area (Å²) in [6.07, 6.45) is -0.450. The third kappa shape index (κ3) is 4.44. The molecule has 0 bridgehead atoms. The van der Waals surface area contributed by atoms with Gasteiger partial charge in [-0.1, -0.05) is 28.1 Å². The molecule has 2 aromatic carbocycles. The van der Waals surface area contributed by atoms with E-state index < -0.39 is 11.7 Å². The normalized spacial score (nSPS) is 22.7. The van der Waals surface area contributed by atoms with Crippen molar-refractivity contribution in [3.8, 4) is 5.75 Å². The highest BCUT2D eigenvalue weighted by molar-refractivity contribution is 9.10. The van der Waals surface area contributed by atoms with Crippen LogP contribution >= 0.6 is 15.9 Å². The molecule has 1 amide bonds. The lowest BCUT2D eigenvalue weighted by molar-refractivity contribution is -0.226. The maximum Gasteiger partial charge on any atom is 0.234 e. The molecule has 26 heavy (non-hydrogen) atoms. The smallest absolute Gasteiger partial charge is 0.234 e. The van der Waals surface area contributed by atoms with E-state index in [2.05, 4.69) is 21.2 Å². The molecule has 138 valence electrons. The first kappa shape index (κ1) is 18.9. The quantitative estimate of drug-likeness (QED) is 0.772. The first-order valence-corrected chi connectivity index (χ1v) is 9.32. The summed E-state index contributed by atoms with van der Waals surface area (Å²) in [5, 5.41) is 2.92. The minimum Gasteiger partial charge on any atom is -0.494 e. The summed E-state index contributed by atoms with van der Waals surface area (Å²) in [5.41, 5.74) is 0.904. The van der Waals surface area contributed by atoms with Crippen molar-refractivity contribution in [3.63, 3.8) is 0 Å². The van der Waals surface area contributed by atoms with Gasteiger partial charge in [-0.2, -0.15) is 0 Å². The first-order chi connectivity index (χ1) is 12.5. The third-order valence-corrected chi connectivity index (χ3v) is 4.75. The van der Waals surface area contributed by atoms with Gasteiger partial charge in [-0.05, 0) is 50.2 Å². The second-order valence-electron chi connectivity index (χ2n) is 6.48. The van der Waals surface area contributed by atoms with Crippen molar-refractivity contribution in [2.45, 2.75) is 20.1 Å². The molecule has 1 aliphatic rings. The van der Waals surface area contributed by atoms with Gasteiger partial charge in [-0.15, -0.1) is 0 Å². The van der Waals surface area contributed by atoms with E-state index in [1.807, 2.05) is 62.4 Å². The van der Waals surface area contributed by atoms with Gasteiger partial charge in [-0.3, -0.25) is 4.79 Å². The number of rotatable bonds is 5. The van der Waals surface area contributed by atoms with Crippen molar-refractivity contribution in [1.82, 2.24) is 0 Å². The van der Waals surface area contributed by atoms with E-state index >= 15 is 0 Å². The van der Waals surface area contributed by atoms with Gasteiger partial charge in [0, 0.05) is 15.7 Å². The van der Waals surface area contributed by atoms with E-state index in [1.54, 1.807) is 0 Å². The van der Waals surface area contributed by atoms with E-state index in [0.717, 1.165) is 21.5 Å². The second-order valence-corrected chi connectivity index (χ2v) is 7.39.